The summed E-state index contributed by atoms with van der Waals surface area (Å²) in [5.41, 5.74) is 0. The van der Waals surface area contributed by atoms with Crippen LogP contribution in [0.4, 0.5) is 0 Å². The number of carbonyl (C=O) groups is 2. The minimum absolute atomic E-state index is 0.121. The Hall–Kier alpha value is -1.75. The molecule has 0 unspecified atom stereocenters. The van der Waals surface area contributed by atoms with Gasteiger partial charge >= 0.3 is 0 Å². The molecular weight excluding hydrogens is 256 g/mol. The minimum Gasteiger partial charge on any atom is -0.459 e. The highest BCUT2D eigenvalue weighted by atomic mass is 35.5. The molecule has 0 fully saturated rings. The van der Waals surface area contributed by atoms with Crippen molar-refractivity contribution >= 4 is 23.4 Å². The Labute approximate surface area is 110 Å². The number of nitrogens with one attached hydrogen (secondary N) is 2. The van der Waals surface area contributed by atoms with Crippen molar-refractivity contribution < 1.29 is 14.0 Å². The maximum Gasteiger partial charge on any atom is 0.286 e. The first-order chi connectivity index (χ1) is 8.59. The lowest BCUT2D eigenvalue weighted by Gasteiger charge is -2.04. The van der Waals surface area contributed by atoms with E-state index < -0.39 is 0 Å². The molecule has 6 heteroatoms. The zero-order valence-electron chi connectivity index (χ0n) is 9.87. The van der Waals surface area contributed by atoms with Gasteiger partial charge in [-0.1, -0.05) is 18.2 Å². The van der Waals surface area contributed by atoms with Gasteiger partial charge < -0.3 is 15.1 Å². The van der Waals surface area contributed by atoms with Gasteiger partial charge in [0.15, 0.2) is 5.76 Å². The van der Waals surface area contributed by atoms with Gasteiger partial charge in [-0.05, 0) is 18.6 Å². The summed E-state index contributed by atoms with van der Waals surface area (Å²) in [6.07, 6.45) is 2.30. The van der Waals surface area contributed by atoms with Gasteiger partial charge in [-0.15, -0.1) is 0 Å². The van der Waals surface area contributed by atoms with Gasteiger partial charge in [0.1, 0.15) is 0 Å². The molecule has 5 nitrogen and oxygen atoms in total. The molecule has 0 radical (unpaired) electrons. The second kappa shape index (κ2) is 7.55. The van der Waals surface area contributed by atoms with Crippen molar-refractivity contribution in [3.63, 3.8) is 0 Å². The maximum atomic E-state index is 11.4. The number of rotatable bonds is 7. The zero-order valence-corrected chi connectivity index (χ0v) is 10.6. The molecular formula is C12H15ClN2O3. The fraction of sp³-hybridized carbons (Fsp3) is 0.333. The van der Waals surface area contributed by atoms with Gasteiger partial charge in [0.2, 0.25) is 5.91 Å². The SMILES string of the molecule is C=C(Cl)CNC(=O)CCCNC(=O)c1ccco1. The van der Waals surface area contributed by atoms with Gasteiger partial charge in [0, 0.05) is 18.0 Å². The second-order valence-corrected chi connectivity index (χ2v) is 4.17. The first kappa shape index (κ1) is 14.3. The van der Waals surface area contributed by atoms with E-state index in [1.807, 2.05) is 0 Å². The highest BCUT2D eigenvalue weighted by Crippen LogP contribution is 1.99. The first-order valence-electron chi connectivity index (χ1n) is 5.51. The number of carbonyl (C=O) groups excluding carboxylic acids is 2. The normalized spacial score (nSPS) is 9.83. The van der Waals surface area contributed by atoms with Crippen molar-refractivity contribution in [1.82, 2.24) is 10.6 Å². The smallest absolute Gasteiger partial charge is 0.286 e. The van der Waals surface area contributed by atoms with Crippen LogP contribution in [0.2, 0.25) is 0 Å². The van der Waals surface area contributed by atoms with Crippen LogP contribution in [0.1, 0.15) is 23.4 Å². The van der Waals surface area contributed by atoms with Gasteiger partial charge in [-0.2, -0.15) is 0 Å². The molecule has 0 aliphatic heterocycles. The molecule has 1 rings (SSSR count). The van der Waals surface area contributed by atoms with E-state index >= 15 is 0 Å². The molecule has 18 heavy (non-hydrogen) atoms. The highest BCUT2D eigenvalue weighted by molar-refractivity contribution is 6.29. The Morgan fingerprint density at radius 2 is 2.17 bits per heavy atom. The van der Waals surface area contributed by atoms with E-state index in [4.69, 9.17) is 16.0 Å². The number of halogens is 1. The molecule has 0 aromatic carbocycles. The summed E-state index contributed by atoms with van der Waals surface area (Å²) in [6, 6.07) is 3.22. The Balaban J connectivity index is 2.10. The van der Waals surface area contributed by atoms with Crippen LogP contribution in [0.3, 0.4) is 0 Å². The summed E-state index contributed by atoms with van der Waals surface area (Å²) in [7, 11) is 0. The third kappa shape index (κ3) is 5.54. The summed E-state index contributed by atoms with van der Waals surface area (Å²) < 4.78 is 4.92. The molecule has 1 aromatic heterocycles. The van der Waals surface area contributed by atoms with Crippen LogP contribution in [0, 0.1) is 0 Å². The van der Waals surface area contributed by atoms with Crippen molar-refractivity contribution in [3.05, 3.63) is 35.8 Å². The van der Waals surface area contributed by atoms with Crippen LogP contribution in [0.15, 0.2) is 34.4 Å². The molecule has 0 atom stereocenters. The Morgan fingerprint density at radius 3 is 2.78 bits per heavy atom. The minimum atomic E-state index is -0.283. The Kier molecular flexibility index (Phi) is 6.00. The van der Waals surface area contributed by atoms with Crippen LogP contribution < -0.4 is 10.6 Å². The number of amides is 2. The molecule has 0 saturated heterocycles. The average Bonchev–Trinajstić information content (AvgIpc) is 2.85. The van der Waals surface area contributed by atoms with Crippen molar-refractivity contribution in [2.45, 2.75) is 12.8 Å². The molecule has 0 spiro atoms. The molecule has 2 amide bonds. The van der Waals surface area contributed by atoms with E-state index in [-0.39, 0.29) is 24.1 Å². The molecule has 1 heterocycles. The topological polar surface area (TPSA) is 71.3 Å². The van der Waals surface area contributed by atoms with E-state index in [1.165, 1.54) is 6.26 Å². The van der Waals surface area contributed by atoms with Crippen LogP contribution >= 0.6 is 11.6 Å². The van der Waals surface area contributed by atoms with Crippen LogP contribution in [-0.2, 0) is 4.79 Å². The third-order valence-electron chi connectivity index (χ3n) is 2.09. The summed E-state index contributed by atoms with van der Waals surface area (Å²) in [4.78, 5) is 22.7. The molecule has 1 aromatic rings. The van der Waals surface area contributed by atoms with Gasteiger partial charge in [-0.25, -0.2) is 0 Å². The molecule has 0 bridgehead atoms. The largest absolute Gasteiger partial charge is 0.459 e. The standard InChI is InChI=1S/C12H15ClN2O3/c1-9(13)8-15-11(16)5-2-6-14-12(17)10-4-3-7-18-10/h3-4,7H,1-2,5-6,8H2,(H,14,17)(H,15,16). The summed E-state index contributed by atoms with van der Waals surface area (Å²) in [5.74, 6) is -0.142. The average molecular weight is 271 g/mol. The first-order valence-corrected chi connectivity index (χ1v) is 5.89. The third-order valence-corrected chi connectivity index (χ3v) is 2.22. The lowest BCUT2D eigenvalue weighted by Crippen LogP contribution is -2.27. The summed E-state index contributed by atoms with van der Waals surface area (Å²) in [5, 5.41) is 5.63. The van der Waals surface area contributed by atoms with E-state index in [9.17, 15) is 9.59 Å². The maximum absolute atomic E-state index is 11.4. The van der Waals surface area contributed by atoms with E-state index in [0.29, 0.717) is 24.4 Å². The van der Waals surface area contributed by atoms with Crippen molar-refractivity contribution in [2.24, 2.45) is 0 Å². The fourth-order valence-corrected chi connectivity index (χ4v) is 1.30. The van der Waals surface area contributed by atoms with E-state index in [0.717, 1.165) is 0 Å². The summed E-state index contributed by atoms with van der Waals surface area (Å²) in [6.45, 7) is 4.13. The number of furan rings is 1. The van der Waals surface area contributed by atoms with Crippen molar-refractivity contribution in [1.29, 1.82) is 0 Å². The molecule has 98 valence electrons. The van der Waals surface area contributed by atoms with Gasteiger partial charge in [-0.3, -0.25) is 9.59 Å². The molecule has 0 saturated carbocycles. The lowest BCUT2D eigenvalue weighted by atomic mass is 10.3. The zero-order chi connectivity index (χ0) is 13.4. The predicted octanol–water partition coefficient (Wildman–Crippen LogP) is 1.66. The highest BCUT2D eigenvalue weighted by Gasteiger charge is 2.07. The van der Waals surface area contributed by atoms with Gasteiger partial charge in [0.05, 0.1) is 12.8 Å². The van der Waals surface area contributed by atoms with E-state index in [1.54, 1.807) is 12.1 Å². The quantitative estimate of drug-likeness (QED) is 0.740. The summed E-state index contributed by atoms with van der Waals surface area (Å²) >= 11 is 5.51. The Morgan fingerprint density at radius 1 is 1.39 bits per heavy atom. The fourth-order valence-electron chi connectivity index (χ4n) is 1.23. The van der Waals surface area contributed by atoms with Crippen molar-refractivity contribution in [2.75, 3.05) is 13.1 Å². The van der Waals surface area contributed by atoms with E-state index in [2.05, 4.69) is 17.2 Å². The Bertz CT molecular complexity index is 415. The number of hydrogen-bond donors (Lipinski definition) is 2. The second-order valence-electron chi connectivity index (χ2n) is 3.63. The molecule has 0 aliphatic carbocycles. The lowest BCUT2D eigenvalue weighted by molar-refractivity contribution is -0.120. The predicted molar refractivity (Wildman–Crippen MR) is 68.3 cm³/mol. The van der Waals surface area contributed by atoms with Crippen LogP contribution in [0.25, 0.3) is 0 Å². The van der Waals surface area contributed by atoms with Crippen LogP contribution in [0.5, 0.6) is 0 Å². The monoisotopic (exact) mass is 270 g/mol. The number of hydrogen-bond acceptors (Lipinski definition) is 3. The molecule has 2 N–H and O–H groups in total. The van der Waals surface area contributed by atoms with Crippen molar-refractivity contribution in [3.8, 4) is 0 Å². The van der Waals surface area contributed by atoms with Crippen LogP contribution in [-0.4, -0.2) is 24.9 Å². The van der Waals surface area contributed by atoms with Gasteiger partial charge in [0.25, 0.3) is 5.91 Å². The molecule has 0 aliphatic rings.